The van der Waals surface area contributed by atoms with Crippen LogP contribution in [-0.4, -0.2) is 30.2 Å². The molecular weight excluding hydrogens is 286 g/mol. The second kappa shape index (κ2) is 8.05. The number of carbonyl (C=O) groups excluding carboxylic acids is 2. The summed E-state index contributed by atoms with van der Waals surface area (Å²) >= 11 is 1.34. The van der Waals surface area contributed by atoms with E-state index in [0.29, 0.717) is 0 Å². The predicted molar refractivity (Wildman–Crippen MR) is 85.2 cm³/mol. The summed E-state index contributed by atoms with van der Waals surface area (Å²) in [6, 6.07) is 7.33. The number of primary amides is 1. The molecule has 1 aliphatic rings. The Bertz CT molecular complexity index is 499. The number of para-hydroxylation sites is 1. The minimum absolute atomic E-state index is 0.0102. The molecule has 1 heterocycles. The van der Waals surface area contributed by atoms with E-state index < -0.39 is 0 Å². The van der Waals surface area contributed by atoms with Gasteiger partial charge in [0.25, 0.3) is 0 Å². The Morgan fingerprint density at radius 2 is 2.10 bits per heavy atom. The summed E-state index contributed by atoms with van der Waals surface area (Å²) in [5.74, 6) is -0.176. The van der Waals surface area contributed by atoms with E-state index >= 15 is 0 Å². The maximum absolute atomic E-state index is 12.3. The number of hydrogen-bond acceptors (Lipinski definition) is 4. The molecule has 2 amide bonds. The molecule has 1 saturated heterocycles. The molecule has 6 heteroatoms. The van der Waals surface area contributed by atoms with Crippen LogP contribution >= 0.6 is 11.8 Å². The van der Waals surface area contributed by atoms with Crippen molar-refractivity contribution in [3.8, 4) is 0 Å². The lowest BCUT2D eigenvalue weighted by atomic mass is 10.1. The van der Waals surface area contributed by atoms with Crippen molar-refractivity contribution in [2.45, 2.75) is 36.6 Å². The molecule has 2 rings (SSSR count). The monoisotopic (exact) mass is 307 g/mol. The highest BCUT2D eigenvalue weighted by Crippen LogP contribution is 2.27. The van der Waals surface area contributed by atoms with Gasteiger partial charge in [0.05, 0.1) is 17.5 Å². The van der Waals surface area contributed by atoms with Crippen LogP contribution in [-0.2, 0) is 9.59 Å². The summed E-state index contributed by atoms with van der Waals surface area (Å²) < 4.78 is 0. The van der Waals surface area contributed by atoms with Crippen LogP contribution in [0.25, 0.3) is 0 Å². The lowest BCUT2D eigenvalue weighted by molar-refractivity contribution is -0.118. The second-order valence-corrected chi connectivity index (χ2v) is 6.11. The molecule has 4 N–H and O–H groups in total. The van der Waals surface area contributed by atoms with E-state index in [-0.39, 0.29) is 23.6 Å². The third-order valence-corrected chi connectivity index (χ3v) is 4.49. The van der Waals surface area contributed by atoms with Gasteiger partial charge in [-0.15, -0.1) is 11.8 Å². The molecule has 1 atom stereocenters. The fraction of sp³-hybridized carbons (Fsp3) is 0.467. The molecule has 1 fully saturated rings. The third kappa shape index (κ3) is 5.06. The van der Waals surface area contributed by atoms with Crippen LogP contribution in [0.5, 0.6) is 0 Å². The fourth-order valence-electron chi connectivity index (χ4n) is 2.32. The molecular formula is C15H21N3O2S. The first-order valence-corrected chi connectivity index (χ1v) is 8.20. The molecule has 1 unspecified atom stereocenters. The number of hydrogen-bond donors (Lipinski definition) is 3. The minimum Gasteiger partial charge on any atom is -0.369 e. The SMILES string of the molecule is NC(=O)CSc1ccccc1NC(=O)C1CCCCCN1. The largest absolute Gasteiger partial charge is 0.369 e. The van der Waals surface area contributed by atoms with E-state index in [9.17, 15) is 9.59 Å². The Balaban J connectivity index is 2.00. The lowest BCUT2D eigenvalue weighted by Gasteiger charge is -2.17. The van der Waals surface area contributed by atoms with Crippen LogP contribution in [0.4, 0.5) is 5.69 Å². The zero-order chi connectivity index (χ0) is 15.1. The first-order valence-electron chi connectivity index (χ1n) is 7.21. The quantitative estimate of drug-likeness (QED) is 0.723. The number of rotatable bonds is 5. The van der Waals surface area contributed by atoms with Gasteiger partial charge in [0, 0.05) is 4.90 Å². The summed E-state index contributed by atoms with van der Waals surface area (Å²) in [7, 11) is 0. The van der Waals surface area contributed by atoms with Crippen molar-refractivity contribution in [2.75, 3.05) is 17.6 Å². The van der Waals surface area contributed by atoms with Crippen LogP contribution in [0.2, 0.25) is 0 Å². The highest BCUT2D eigenvalue weighted by molar-refractivity contribution is 8.00. The molecule has 1 aromatic rings. The number of carbonyl (C=O) groups is 2. The van der Waals surface area contributed by atoms with E-state index in [1.165, 1.54) is 18.2 Å². The molecule has 1 aromatic carbocycles. The third-order valence-electron chi connectivity index (χ3n) is 3.39. The molecule has 0 aromatic heterocycles. The van der Waals surface area contributed by atoms with Crippen LogP contribution in [0.3, 0.4) is 0 Å². The van der Waals surface area contributed by atoms with Gasteiger partial charge in [0.1, 0.15) is 0 Å². The van der Waals surface area contributed by atoms with Crippen molar-refractivity contribution in [3.05, 3.63) is 24.3 Å². The molecule has 114 valence electrons. The van der Waals surface area contributed by atoms with E-state index in [0.717, 1.165) is 36.4 Å². The Morgan fingerprint density at radius 1 is 1.29 bits per heavy atom. The van der Waals surface area contributed by atoms with Gasteiger partial charge in [0.2, 0.25) is 11.8 Å². The van der Waals surface area contributed by atoms with Gasteiger partial charge in [-0.1, -0.05) is 25.0 Å². The normalized spacial score (nSPS) is 18.8. The number of nitrogens with two attached hydrogens (primary N) is 1. The van der Waals surface area contributed by atoms with Crippen LogP contribution < -0.4 is 16.4 Å². The van der Waals surface area contributed by atoms with Crippen molar-refractivity contribution in [3.63, 3.8) is 0 Å². The van der Waals surface area contributed by atoms with Crippen LogP contribution in [0, 0.1) is 0 Å². The zero-order valence-corrected chi connectivity index (χ0v) is 12.7. The predicted octanol–water partition coefficient (Wildman–Crippen LogP) is 1.73. The summed E-state index contributed by atoms with van der Waals surface area (Å²) in [5, 5.41) is 6.24. The Kier molecular flexibility index (Phi) is 6.07. The van der Waals surface area contributed by atoms with Gasteiger partial charge in [-0.3, -0.25) is 9.59 Å². The molecule has 0 saturated carbocycles. The lowest BCUT2D eigenvalue weighted by Crippen LogP contribution is -2.39. The maximum Gasteiger partial charge on any atom is 0.241 e. The van der Waals surface area contributed by atoms with Crippen molar-refractivity contribution < 1.29 is 9.59 Å². The number of amides is 2. The first-order chi connectivity index (χ1) is 10.2. The standard InChI is InChI=1S/C15H21N3O2S/c16-14(19)10-21-13-8-4-3-6-11(13)18-15(20)12-7-2-1-5-9-17-12/h3-4,6,8,12,17H,1-2,5,7,9-10H2,(H2,16,19)(H,18,20). The molecule has 0 bridgehead atoms. The molecule has 0 aliphatic carbocycles. The van der Waals surface area contributed by atoms with Gasteiger partial charge in [-0.25, -0.2) is 0 Å². The topological polar surface area (TPSA) is 84.2 Å². The van der Waals surface area contributed by atoms with Crippen LogP contribution in [0.15, 0.2) is 29.2 Å². The summed E-state index contributed by atoms with van der Waals surface area (Å²) in [5.41, 5.74) is 5.90. The maximum atomic E-state index is 12.3. The molecule has 0 spiro atoms. The highest BCUT2D eigenvalue weighted by atomic mass is 32.2. The second-order valence-electron chi connectivity index (χ2n) is 5.10. The Hall–Kier alpha value is -1.53. The van der Waals surface area contributed by atoms with E-state index in [1.807, 2.05) is 24.3 Å². The molecule has 5 nitrogen and oxygen atoms in total. The average Bonchev–Trinajstić information content (AvgIpc) is 2.75. The van der Waals surface area contributed by atoms with E-state index in [1.54, 1.807) is 0 Å². The summed E-state index contributed by atoms with van der Waals surface area (Å²) in [6.45, 7) is 0.885. The fourth-order valence-corrected chi connectivity index (χ4v) is 3.06. The van der Waals surface area contributed by atoms with Gasteiger partial charge in [0.15, 0.2) is 0 Å². The van der Waals surface area contributed by atoms with Crippen molar-refractivity contribution in [1.29, 1.82) is 0 Å². The highest BCUT2D eigenvalue weighted by Gasteiger charge is 2.20. The van der Waals surface area contributed by atoms with Crippen molar-refractivity contribution in [1.82, 2.24) is 5.32 Å². The number of thioether (sulfide) groups is 1. The average molecular weight is 307 g/mol. The molecule has 0 radical (unpaired) electrons. The van der Waals surface area contributed by atoms with Gasteiger partial charge in [-0.05, 0) is 31.5 Å². The smallest absolute Gasteiger partial charge is 0.241 e. The van der Waals surface area contributed by atoms with E-state index in [4.69, 9.17) is 5.73 Å². The summed E-state index contributed by atoms with van der Waals surface area (Å²) in [6.07, 6.45) is 4.22. The van der Waals surface area contributed by atoms with Crippen molar-refractivity contribution in [2.24, 2.45) is 5.73 Å². The van der Waals surface area contributed by atoms with E-state index in [2.05, 4.69) is 10.6 Å². The Labute approximate surface area is 129 Å². The minimum atomic E-state index is -0.369. The number of nitrogens with one attached hydrogen (secondary N) is 2. The first kappa shape index (κ1) is 15.9. The summed E-state index contributed by atoms with van der Waals surface area (Å²) in [4.78, 5) is 24.1. The van der Waals surface area contributed by atoms with Crippen LogP contribution in [0.1, 0.15) is 25.7 Å². The number of anilines is 1. The van der Waals surface area contributed by atoms with Gasteiger partial charge in [-0.2, -0.15) is 0 Å². The van der Waals surface area contributed by atoms with Gasteiger partial charge >= 0.3 is 0 Å². The van der Waals surface area contributed by atoms with Crippen molar-refractivity contribution >= 4 is 29.3 Å². The molecule has 21 heavy (non-hydrogen) atoms. The van der Waals surface area contributed by atoms with Gasteiger partial charge < -0.3 is 16.4 Å². The zero-order valence-electron chi connectivity index (χ0n) is 11.9. The Morgan fingerprint density at radius 3 is 2.90 bits per heavy atom. The number of benzene rings is 1. The molecule has 1 aliphatic heterocycles.